The second kappa shape index (κ2) is 5.66. The molecule has 1 aromatic carbocycles. The van der Waals surface area contributed by atoms with E-state index in [-0.39, 0.29) is 6.61 Å². The van der Waals surface area contributed by atoms with Crippen LogP contribution in [0.15, 0.2) is 24.3 Å². The van der Waals surface area contributed by atoms with E-state index in [2.05, 4.69) is 13.8 Å². The molecule has 0 atom stereocenters. The maximum absolute atomic E-state index is 10.4. The largest absolute Gasteiger partial charge is 0.493 e. The molecule has 0 saturated carbocycles. The van der Waals surface area contributed by atoms with Gasteiger partial charge in [-0.25, -0.2) is 5.11 Å². The zero-order valence-electron chi connectivity index (χ0n) is 8.82. The number of hydrogen-bond acceptors (Lipinski definition) is 1. The summed E-state index contributed by atoms with van der Waals surface area (Å²) < 4.78 is 5.55. The van der Waals surface area contributed by atoms with Crippen molar-refractivity contribution >= 4 is 0 Å². The normalized spacial score (nSPS) is 10.6. The average Bonchev–Trinajstić information content (AvgIpc) is 2.16. The van der Waals surface area contributed by atoms with Crippen LogP contribution >= 0.6 is 0 Å². The van der Waals surface area contributed by atoms with Crippen LogP contribution in [0.1, 0.15) is 19.4 Å². The molecule has 1 aromatic rings. The van der Waals surface area contributed by atoms with Gasteiger partial charge in [-0.05, 0) is 30.0 Å². The van der Waals surface area contributed by atoms with Crippen molar-refractivity contribution in [3.8, 4) is 5.75 Å². The molecule has 1 radical (unpaired) electrons. The molecule has 0 aliphatic rings. The van der Waals surface area contributed by atoms with Crippen molar-refractivity contribution in [2.24, 2.45) is 5.92 Å². The van der Waals surface area contributed by atoms with Gasteiger partial charge in [0.15, 0.2) is 0 Å². The molecule has 0 saturated heterocycles. The predicted molar refractivity (Wildman–Crippen MR) is 56.0 cm³/mol. The monoisotopic (exact) mass is 193 g/mol. The van der Waals surface area contributed by atoms with Crippen LogP contribution in [-0.2, 0) is 11.5 Å². The Morgan fingerprint density at radius 3 is 2.79 bits per heavy atom. The Balaban J connectivity index is 2.54. The van der Waals surface area contributed by atoms with Crippen molar-refractivity contribution in [1.29, 1.82) is 0 Å². The minimum absolute atomic E-state index is 0.0619. The van der Waals surface area contributed by atoms with Gasteiger partial charge in [0.2, 0.25) is 0 Å². The van der Waals surface area contributed by atoms with Crippen LogP contribution in [-0.4, -0.2) is 13.2 Å². The van der Waals surface area contributed by atoms with Crippen molar-refractivity contribution in [3.63, 3.8) is 0 Å². The Bertz CT molecular complexity index is 269. The van der Waals surface area contributed by atoms with E-state index >= 15 is 0 Å². The molecule has 2 nitrogen and oxygen atoms in total. The molecule has 0 aliphatic carbocycles. The SMILES string of the molecule is CC(C)COc1cccc(CC[O])c1. The van der Waals surface area contributed by atoms with Crippen molar-refractivity contribution in [2.75, 3.05) is 13.2 Å². The Hall–Kier alpha value is -1.02. The van der Waals surface area contributed by atoms with Crippen LogP contribution in [0.5, 0.6) is 5.75 Å². The van der Waals surface area contributed by atoms with Gasteiger partial charge >= 0.3 is 0 Å². The van der Waals surface area contributed by atoms with Crippen LogP contribution in [0, 0.1) is 5.92 Å². The summed E-state index contributed by atoms with van der Waals surface area (Å²) in [6, 6.07) is 7.76. The second-order valence-corrected chi connectivity index (χ2v) is 3.81. The minimum atomic E-state index is -0.0619. The van der Waals surface area contributed by atoms with Crippen molar-refractivity contribution < 1.29 is 9.84 Å². The Labute approximate surface area is 85.5 Å². The second-order valence-electron chi connectivity index (χ2n) is 3.81. The van der Waals surface area contributed by atoms with E-state index in [1.165, 1.54) is 0 Å². The van der Waals surface area contributed by atoms with E-state index in [4.69, 9.17) is 4.74 Å². The van der Waals surface area contributed by atoms with Gasteiger partial charge in [-0.1, -0.05) is 26.0 Å². The van der Waals surface area contributed by atoms with E-state index in [1.54, 1.807) is 0 Å². The fourth-order valence-corrected chi connectivity index (χ4v) is 1.17. The molecule has 77 valence electrons. The third-order valence-electron chi connectivity index (χ3n) is 1.87. The topological polar surface area (TPSA) is 29.1 Å². The first kappa shape index (κ1) is 11.1. The summed E-state index contributed by atoms with van der Waals surface area (Å²) in [5.74, 6) is 1.39. The highest BCUT2D eigenvalue weighted by Crippen LogP contribution is 2.14. The van der Waals surface area contributed by atoms with Crippen LogP contribution in [0.25, 0.3) is 0 Å². The van der Waals surface area contributed by atoms with Crippen molar-refractivity contribution in [3.05, 3.63) is 29.8 Å². The highest BCUT2D eigenvalue weighted by molar-refractivity contribution is 5.28. The molecule has 0 amide bonds. The lowest BCUT2D eigenvalue weighted by atomic mass is 10.1. The number of benzene rings is 1. The Morgan fingerprint density at radius 2 is 2.14 bits per heavy atom. The summed E-state index contributed by atoms with van der Waals surface area (Å²) in [6.45, 7) is 4.89. The summed E-state index contributed by atoms with van der Waals surface area (Å²) in [6.07, 6.45) is 0.582. The highest BCUT2D eigenvalue weighted by atomic mass is 16.5. The van der Waals surface area contributed by atoms with Gasteiger partial charge in [-0.15, -0.1) is 0 Å². The standard InChI is InChI=1S/C12H17O2/c1-10(2)9-14-12-5-3-4-11(8-12)6-7-13/h3-5,8,10H,6-7,9H2,1-2H3. The summed E-state index contributed by atoms with van der Waals surface area (Å²) in [5, 5.41) is 10.4. The number of hydrogen-bond donors (Lipinski definition) is 0. The predicted octanol–water partition coefficient (Wildman–Crippen LogP) is 2.69. The molecular formula is C12H17O2. The third kappa shape index (κ3) is 3.79. The van der Waals surface area contributed by atoms with E-state index in [0.29, 0.717) is 12.3 Å². The maximum Gasteiger partial charge on any atom is 0.119 e. The summed E-state index contributed by atoms with van der Waals surface area (Å²) in [4.78, 5) is 0. The molecule has 14 heavy (non-hydrogen) atoms. The number of rotatable bonds is 5. The Morgan fingerprint density at radius 1 is 1.36 bits per heavy atom. The lowest BCUT2D eigenvalue weighted by molar-refractivity contribution is 0.197. The van der Waals surface area contributed by atoms with E-state index in [0.717, 1.165) is 17.9 Å². The zero-order chi connectivity index (χ0) is 10.4. The van der Waals surface area contributed by atoms with Crippen molar-refractivity contribution in [1.82, 2.24) is 0 Å². The first-order valence-electron chi connectivity index (χ1n) is 5.02. The van der Waals surface area contributed by atoms with Crippen LogP contribution in [0.3, 0.4) is 0 Å². The minimum Gasteiger partial charge on any atom is -0.493 e. The van der Waals surface area contributed by atoms with Gasteiger partial charge in [-0.3, -0.25) is 0 Å². The van der Waals surface area contributed by atoms with Gasteiger partial charge in [0.1, 0.15) is 5.75 Å². The third-order valence-corrected chi connectivity index (χ3v) is 1.87. The van der Waals surface area contributed by atoms with E-state index < -0.39 is 0 Å². The van der Waals surface area contributed by atoms with E-state index in [9.17, 15) is 5.11 Å². The molecule has 0 N–H and O–H groups in total. The molecule has 0 bridgehead atoms. The maximum atomic E-state index is 10.4. The highest BCUT2D eigenvalue weighted by Gasteiger charge is 1.98. The first-order valence-corrected chi connectivity index (χ1v) is 5.02. The van der Waals surface area contributed by atoms with Gasteiger partial charge in [-0.2, -0.15) is 0 Å². The average molecular weight is 193 g/mol. The fourth-order valence-electron chi connectivity index (χ4n) is 1.17. The zero-order valence-corrected chi connectivity index (χ0v) is 8.82. The van der Waals surface area contributed by atoms with Gasteiger partial charge in [0, 0.05) is 0 Å². The molecule has 0 aromatic heterocycles. The molecule has 0 spiro atoms. The molecule has 0 fully saturated rings. The fraction of sp³-hybridized carbons (Fsp3) is 0.500. The van der Waals surface area contributed by atoms with Crippen LogP contribution in [0.2, 0.25) is 0 Å². The Kier molecular flexibility index (Phi) is 4.47. The van der Waals surface area contributed by atoms with Gasteiger partial charge < -0.3 is 4.74 Å². The van der Waals surface area contributed by atoms with Gasteiger partial charge in [0.05, 0.1) is 13.2 Å². The summed E-state index contributed by atoms with van der Waals surface area (Å²) in [5.41, 5.74) is 1.06. The quantitative estimate of drug-likeness (QED) is 0.706. The molecule has 0 unspecified atom stereocenters. The van der Waals surface area contributed by atoms with Crippen molar-refractivity contribution in [2.45, 2.75) is 20.3 Å². The first-order chi connectivity index (χ1) is 6.72. The molecular weight excluding hydrogens is 176 g/mol. The summed E-state index contributed by atoms with van der Waals surface area (Å²) >= 11 is 0. The van der Waals surface area contributed by atoms with Crippen LogP contribution < -0.4 is 4.74 Å². The van der Waals surface area contributed by atoms with Gasteiger partial charge in [0.25, 0.3) is 0 Å². The van der Waals surface area contributed by atoms with Crippen LogP contribution in [0.4, 0.5) is 0 Å². The lowest BCUT2D eigenvalue weighted by Crippen LogP contribution is -2.04. The summed E-state index contributed by atoms with van der Waals surface area (Å²) in [7, 11) is 0. The molecule has 2 heteroatoms. The molecule has 0 aliphatic heterocycles. The van der Waals surface area contributed by atoms with E-state index in [1.807, 2.05) is 24.3 Å². The lowest BCUT2D eigenvalue weighted by Gasteiger charge is -2.09. The molecule has 1 rings (SSSR count). The molecule has 0 heterocycles. The smallest absolute Gasteiger partial charge is 0.119 e. The number of ether oxygens (including phenoxy) is 1.